The zero-order valence-electron chi connectivity index (χ0n) is 15.3. The molecular weight excluding hydrogens is 344 g/mol. The van der Waals surface area contributed by atoms with Crippen molar-refractivity contribution in [2.75, 3.05) is 0 Å². The van der Waals surface area contributed by atoms with Crippen molar-refractivity contribution < 1.29 is 10.2 Å². The molecule has 0 amide bonds. The van der Waals surface area contributed by atoms with Gasteiger partial charge in [-0.25, -0.2) is 0 Å². The molecule has 2 nitrogen and oxygen atoms in total. The molecule has 0 radical (unpaired) electrons. The highest BCUT2D eigenvalue weighted by Crippen LogP contribution is 2.52. The van der Waals surface area contributed by atoms with Crippen LogP contribution in [0.4, 0.5) is 0 Å². The van der Waals surface area contributed by atoms with Crippen molar-refractivity contribution in [2.24, 2.45) is 0 Å². The third-order valence-electron chi connectivity index (χ3n) is 5.80. The number of hydrogen-bond donors (Lipinski definition) is 2. The van der Waals surface area contributed by atoms with Crippen molar-refractivity contribution in [3.05, 3.63) is 143 Å². The predicted molar refractivity (Wildman–Crippen MR) is 110 cm³/mol. The van der Waals surface area contributed by atoms with Crippen LogP contribution in [0.2, 0.25) is 0 Å². The topological polar surface area (TPSA) is 40.5 Å². The number of aliphatic hydroxyl groups is 2. The lowest BCUT2D eigenvalue weighted by Gasteiger charge is -2.45. The molecule has 0 atom stereocenters. The Morgan fingerprint density at radius 2 is 0.607 bits per heavy atom. The van der Waals surface area contributed by atoms with Crippen molar-refractivity contribution in [1.29, 1.82) is 0 Å². The highest BCUT2D eigenvalue weighted by molar-refractivity contribution is 5.64. The maximum atomic E-state index is 12.1. The summed E-state index contributed by atoms with van der Waals surface area (Å²) in [4.78, 5) is 0. The SMILES string of the molecule is OC1(c2ccccc2)c2ccccc2C(O)(c2ccccc2)c2ccccc21. The van der Waals surface area contributed by atoms with E-state index in [-0.39, 0.29) is 0 Å². The van der Waals surface area contributed by atoms with Gasteiger partial charge in [0.05, 0.1) is 0 Å². The molecule has 4 aromatic carbocycles. The quantitative estimate of drug-likeness (QED) is 0.547. The Kier molecular flexibility index (Phi) is 3.73. The van der Waals surface area contributed by atoms with Crippen molar-refractivity contribution in [2.45, 2.75) is 11.2 Å². The van der Waals surface area contributed by atoms with E-state index in [0.29, 0.717) is 22.3 Å². The molecular formula is C26H20O2. The summed E-state index contributed by atoms with van der Waals surface area (Å²) in [5.41, 5.74) is 1.69. The van der Waals surface area contributed by atoms with Crippen LogP contribution in [0.3, 0.4) is 0 Å². The maximum absolute atomic E-state index is 12.1. The second kappa shape index (κ2) is 6.16. The molecule has 0 saturated heterocycles. The summed E-state index contributed by atoms with van der Waals surface area (Å²) in [6, 6.07) is 34.6. The summed E-state index contributed by atoms with van der Waals surface area (Å²) in [5.74, 6) is 0. The van der Waals surface area contributed by atoms with E-state index in [1.807, 2.05) is 109 Å². The van der Waals surface area contributed by atoms with Crippen molar-refractivity contribution >= 4 is 0 Å². The molecule has 136 valence electrons. The molecule has 0 spiro atoms. The Labute approximate surface area is 164 Å². The largest absolute Gasteiger partial charge is 0.376 e. The van der Waals surface area contributed by atoms with Crippen LogP contribution in [0, 0.1) is 0 Å². The minimum atomic E-state index is -1.34. The van der Waals surface area contributed by atoms with Gasteiger partial charge in [-0.1, -0.05) is 109 Å². The van der Waals surface area contributed by atoms with Gasteiger partial charge in [-0.3, -0.25) is 0 Å². The molecule has 2 heteroatoms. The average Bonchev–Trinajstić information content (AvgIpc) is 2.79. The normalized spacial score (nSPS) is 22.9. The van der Waals surface area contributed by atoms with Crippen molar-refractivity contribution in [3.63, 3.8) is 0 Å². The first-order valence-electron chi connectivity index (χ1n) is 9.42. The van der Waals surface area contributed by atoms with Crippen molar-refractivity contribution in [3.8, 4) is 0 Å². The standard InChI is InChI=1S/C26H20O2/c27-25(19-11-3-1-4-12-19)21-15-7-9-17-23(21)26(28,20-13-5-2-6-14-20)24-18-10-8-16-22(24)25/h1-18,27-28H. The lowest BCUT2D eigenvalue weighted by molar-refractivity contribution is 0.0748. The van der Waals surface area contributed by atoms with Gasteiger partial charge < -0.3 is 10.2 Å². The summed E-state index contributed by atoms with van der Waals surface area (Å²) in [5, 5.41) is 24.2. The van der Waals surface area contributed by atoms with Crippen LogP contribution in [0.15, 0.2) is 109 Å². The zero-order valence-corrected chi connectivity index (χ0v) is 15.3. The monoisotopic (exact) mass is 364 g/mol. The van der Waals surface area contributed by atoms with Crippen molar-refractivity contribution in [1.82, 2.24) is 0 Å². The Bertz CT molecular complexity index is 994. The number of fused-ring (bicyclic) bond motifs is 2. The molecule has 0 aromatic heterocycles. The molecule has 4 aromatic rings. The van der Waals surface area contributed by atoms with Crippen LogP contribution in [-0.2, 0) is 11.2 Å². The van der Waals surface area contributed by atoms with E-state index < -0.39 is 11.2 Å². The first-order valence-corrected chi connectivity index (χ1v) is 9.42. The fraction of sp³-hybridized carbons (Fsp3) is 0.0769. The van der Waals surface area contributed by atoms with Crippen LogP contribution in [0.25, 0.3) is 0 Å². The molecule has 0 heterocycles. The van der Waals surface area contributed by atoms with E-state index in [9.17, 15) is 10.2 Å². The van der Waals surface area contributed by atoms with Gasteiger partial charge in [0.2, 0.25) is 0 Å². The zero-order chi connectivity index (χ0) is 19.2. The molecule has 1 aliphatic carbocycles. The van der Waals surface area contributed by atoms with E-state index in [1.54, 1.807) is 0 Å². The number of hydrogen-bond acceptors (Lipinski definition) is 2. The molecule has 5 rings (SSSR count). The summed E-state index contributed by atoms with van der Waals surface area (Å²) >= 11 is 0. The van der Waals surface area contributed by atoms with Crippen LogP contribution in [-0.4, -0.2) is 10.2 Å². The van der Waals surface area contributed by atoms with Gasteiger partial charge in [-0.05, 0) is 33.4 Å². The van der Waals surface area contributed by atoms with E-state index >= 15 is 0 Å². The molecule has 0 bridgehead atoms. The van der Waals surface area contributed by atoms with Gasteiger partial charge in [0, 0.05) is 0 Å². The summed E-state index contributed by atoms with van der Waals surface area (Å²) in [6.45, 7) is 0. The first kappa shape index (κ1) is 16.9. The van der Waals surface area contributed by atoms with E-state index in [0.717, 1.165) is 11.1 Å². The third kappa shape index (κ3) is 2.16. The minimum absolute atomic E-state index is 0.700. The van der Waals surface area contributed by atoms with Crippen LogP contribution in [0.5, 0.6) is 0 Å². The lowest BCUT2D eigenvalue weighted by atomic mass is 9.63. The minimum Gasteiger partial charge on any atom is -0.376 e. The molecule has 0 fully saturated rings. The van der Waals surface area contributed by atoms with E-state index in [2.05, 4.69) is 0 Å². The molecule has 0 saturated carbocycles. The highest BCUT2D eigenvalue weighted by atomic mass is 16.3. The first-order chi connectivity index (χ1) is 13.7. The summed E-state index contributed by atoms with van der Waals surface area (Å²) < 4.78 is 0. The van der Waals surface area contributed by atoms with Gasteiger partial charge >= 0.3 is 0 Å². The number of rotatable bonds is 2. The average molecular weight is 364 g/mol. The molecule has 2 N–H and O–H groups in total. The van der Waals surface area contributed by atoms with Gasteiger partial charge in [-0.2, -0.15) is 0 Å². The van der Waals surface area contributed by atoms with Gasteiger partial charge in [0.1, 0.15) is 11.2 Å². The van der Waals surface area contributed by atoms with Gasteiger partial charge in [0.25, 0.3) is 0 Å². The fourth-order valence-electron chi connectivity index (χ4n) is 4.50. The predicted octanol–water partition coefficient (Wildman–Crippen LogP) is 4.57. The Morgan fingerprint density at radius 3 is 0.893 bits per heavy atom. The third-order valence-corrected chi connectivity index (χ3v) is 5.80. The van der Waals surface area contributed by atoms with Crippen LogP contribution < -0.4 is 0 Å². The molecule has 0 unspecified atom stereocenters. The lowest BCUT2D eigenvalue weighted by Crippen LogP contribution is -2.44. The van der Waals surface area contributed by atoms with Crippen LogP contribution in [0.1, 0.15) is 33.4 Å². The molecule has 1 aliphatic rings. The van der Waals surface area contributed by atoms with Gasteiger partial charge in [0.15, 0.2) is 0 Å². The maximum Gasteiger partial charge on any atom is 0.141 e. The molecule has 28 heavy (non-hydrogen) atoms. The Hall–Kier alpha value is -3.20. The Morgan fingerprint density at radius 1 is 0.357 bits per heavy atom. The van der Waals surface area contributed by atoms with Crippen LogP contribution >= 0.6 is 0 Å². The number of benzene rings is 4. The van der Waals surface area contributed by atoms with E-state index in [1.165, 1.54) is 0 Å². The summed E-state index contributed by atoms with van der Waals surface area (Å²) in [7, 11) is 0. The molecule has 0 aliphatic heterocycles. The smallest absolute Gasteiger partial charge is 0.141 e. The second-order valence-corrected chi connectivity index (χ2v) is 7.24. The Balaban J connectivity index is 1.91. The van der Waals surface area contributed by atoms with Gasteiger partial charge in [-0.15, -0.1) is 0 Å². The fourth-order valence-corrected chi connectivity index (χ4v) is 4.50. The van der Waals surface area contributed by atoms with E-state index in [4.69, 9.17) is 0 Å². The second-order valence-electron chi connectivity index (χ2n) is 7.24. The highest BCUT2D eigenvalue weighted by Gasteiger charge is 2.50. The summed E-state index contributed by atoms with van der Waals surface area (Å²) in [6.07, 6.45) is 0.